The van der Waals surface area contributed by atoms with Crippen LogP contribution in [-0.4, -0.2) is 54.4 Å². The van der Waals surface area contributed by atoms with E-state index in [2.05, 4.69) is 19.2 Å². The minimum absolute atomic E-state index is 0.0261. The first-order valence-corrected chi connectivity index (χ1v) is 7.34. The van der Waals surface area contributed by atoms with E-state index in [-0.39, 0.29) is 18.5 Å². The molecule has 0 spiro atoms. The third-order valence-corrected chi connectivity index (χ3v) is 3.41. The monoisotopic (exact) mass is 286 g/mol. The number of hydrogen-bond acceptors (Lipinski definition) is 3. The Kier molecular flexibility index (Phi) is 7.36. The van der Waals surface area contributed by atoms with Crippen molar-refractivity contribution < 1.29 is 19.4 Å². The maximum absolute atomic E-state index is 11.9. The Morgan fingerprint density at radius 3 is 2.80 bits per heavy atom. The van der Waals surface area contributed by atoms with Crippen LogP contribution in [0.3, 0.4) is 0 Å². The minimum Gasteiger partial charge on any atom is -0.481 e. The number of amides is 2. The van der Waals surface area contributed by atoms with Gasteiger partial charge in [0.2, 0.25) is 0 Å². The average Bonchev–Trinajstić information content (AvgIpc) is 2.80. The summed E-state index contributed by atoms with van der Waals surface area (Å²) in [5.41, 5.74) is 0. The molecule has 0 aliphatic carbocycles. The van der Waals surface area contributed by atoms with Crippen LogP contribution in [0, 0.1) is 5.92 Å². The van der Waals surface area contributed by atoms with Crippen LogP contribution in [0.4, 0.5) is 4.79 Å². The number of urea groups is 1. The van der Waals surface area contributed by atoms with Crippen molar-refractivity contribution in [2.45, 2.75) is 45.6 Å². The van der Waals surface area contributed by atoms with Crippen molar-refractivity contribution in [3.63, 3.8) is 0 Å². The molecule has 0 saturated carbocycles. The number of likely N-dealkylation sites (tertiary alicyclic amines) is 1. The van der Waals surface area contributed by atoms with Crippen molar-refractivity contribution in [3.8, 4) is 0 Å². The molecule has 6 nitrogen and oxygen atoms in total. The molecular weight excluding hydrogens is 260 g/mol. The molecule has 2 amide bonds. The Bertz CT molecular complexity index is 320. The Labute approximate surface area is 120 Å². The van der Waals surface area contributed by atoms with Crippen molar-refractivity contribution in [2.24, 2.45) is 5.92 Å². The number of carbonyl (C=O) groups excluding carboxylic acids is 1. The second kappa shape index (κ2) is 8.79. The van der Waals surface area contributed by atoms with Gasteiger partial charge in [0.15, 0.2) is 0 Å². The Balaban J connectivity index is 2.16. The predicted molar refractivity (Wildman–Crippen MR) is 75.7 cm³/mol. The first kappa shape index (κ1) is 16.8. The summed E-state index contributed by atoms with van der Waals surface area (Å²) in [6.45, 7) is 6.59. The van der Waals surface area contributed by atoms with Crippen LogP contribution in [0.25, 0.3) is 0 Å². The normalized spacial score (nSPS) is 18.6. The van der Waals surface area contributed by atoms with Crippen LogP contribution in [0.2, 0.25) is 0 Å². The van der Waals surface area contributed by atoms with Crippen LogP contribution >= 0.6 is 0 Å². The molecule has 1 saturated heterocycles. The summed E-state index contributed by atoms with van der Waals surface area (Å²) in [6, 6.07) is -0.351. The molecule has 1 aliphatic rings. The lowest BCUT2D eigenvalue weighted by Gasteiger charge is -2.23. The third kappa shape index (κ3) is 6.23. The predicted octanol–water partition coefficient (Wildman–Crippen LogP) is 1.70. The average molecular weight is 286 g/mol. The highest BCUT2D eigenvalue weighted by Gasteiger charge is 2.29. The van der Waals surface area contributed by atoms with E-state index in [0.29, 0.717) is 32.2 Å². The molecule has 1 aliphatic heterocycles. The molecule has 1 rings (SSSR count). The smallest absolute Gasteiger partial charge is 0.317 e. The summed E-state index contributed by atoms with van der Waals surface area (Å²) in [5, 5.41) is 11.6. The number of aliphatic carboxylic acids is 1. The van der Waals surface area contributed by atoms with E-state index in [4.69, 9.17) is 9.84 Å². The molecule has 6 heteroatoms. The van der Waals surface area contributed by atoms with Crippen LogP contribution in [0.1, 0.15) is 39.5 Å². The molecule has 1 fully saturated rings. The number of hydrogen-bond donors (Lipinski definition) is 2. The molecule has 0 aromatic carbocycles. The number of rotatable bonds is 8. The fourth-order valence-corrected chi connectivity index (χ4v) is 2.27. The molecule has 1 atom stereocenters. The van der Waals surface area contributed by atoms with Crippen LogP contribution in [0.5, 0.6) is 0 Å². The lowest BCUT2D eigenvalue weighted by molar-refractivity contribution is -0.137. The van der Waals surface area contributed by atoms with E-state index in [1.165, 1.54) is 0 Å². The summed E-state index contributed by atoms with van der Waals surface area (Å²) in [6.07, 6.45) is 2.68. The van der Waals surface area contributed by atoms with Gasteiger partial charge in [-0.3, -0.25) is 4.79 Å². The van der Waals surface area contributed by atoms with E-state index in [9.17, 15) is 9.59 Å². The first-order chi connectivity index (χ1) is 9.50. The van der Waals surface area contributed by atoms with Gasteiger partial charge in [0, 0.05) is 25.7 Å². The fourth-order valence-electron chi connectivity index (χ4n) is 2.27. The number of nitrogens with zero attached hydrogens (tertiary/aromatic N) is 1. The molecule has 0 aromatic heterocycles. The molecule has 1 unspecified atom stereocenters. The van der Waals surface area contributed by atoms with Crippen molar-refractivity contribution in [1.82, 2.24) is 10.2 Å². The van der Waals surface area contributed by atoms with E-state index in [0.717, 1.165) is 19.3 Å². The van der Waals surface area contributed by atoms with Gasteiger partial charge in [-0.1, -0.05) is 13.8 Å². The Morgan fingerprint density at radius 1 is 1.40 bits per heavy atom. The molecule has 116 valence electrons. The van der Waals surface area contributed by atoms with Gasteiger partial charge in [0.05, 0.1) is 13.0 Å². The van der Waals surface area contributed by atoms with Crippen molar-refractivity contribution in [1.29, 1.82) is 0 Å². The molecular formula is C14H26N2O4. The second-order valence-corrected chi connectivity index (χ2v) is 5.61. The molecule has 0 bridgehead atoms. The quantitative estimate of drug-likeness (QED) is 0.666. The number of nitrogens with one attached hydrogen (secondary N) is 1. The number of ether oxygens (including phenoxy) is 1. The van der Waals surface area contributed by atoms with E-state index in [1.807, 2.05) is 0 Å². The highest BCUT2D eigenvalue weighted by molar-refractivity contribution is 5.76. The third-order valence-electron chi connectivity index (χ3n) is 3.41. The lowest BCUT2D eigenvalue weighted by atomic mass is 10.1. The molecule has 0 aromatic rings. The van der Waals surface area contributed by atoms with Gasteiger partial charge in [-0.2, -0.15) is 0 Å². The fraction of sp³-hybridized carbons (Fsp3) is 0.857. The zero-order valence-corrected chi connectivity index (χ0v) is 12.4. The van der Waals surface area contributed by atoms with E-state index < -0.39 is 5.97 Å². The lowest BCUT2D eigenvalue weighted by Crippen LogP contribution is -2.44. The standard InChI is InChI=1S/C14H26N2O4/c1-11(2)5-8-20-9-6-15-14(19)16-7-3-4-12(16)10-13(17)18/h11-12H,3-10H2,1-2H3,(H,15,19)(H,17,18). The van der Waals surface area contributed by atoms with Gasteiger partial charge in [0.25, 0.3) is 0 Å². The Hall–Kier alpha value is -1.30. The zero-order chi connectivity index (χ0) is 15.0. The van der Waals surface area contributed by atoms with Crippen LogP contribution in [0.15, 0.2) is 0 Å². The molecule has 0 radical (unpaired) electrons. The summed E-state index contributed by atoms with van der Waals surface area (Å²) in [5.74, 6) is -0.238. The van der Waals surface area contributed by atoms with Gasteiger partial charge in [-0.05, 0) is 25.2 Å². The molecule has 20 heavy (non-hydrogen) atoms. The maximum Gasteiger partial charge on any atom is 0.317 e. The number of carboxylic acids is 1. The summed E-state index contributed by atoms with van der Waals surface area (Å²) in [7, 11) is 0. The van der Waals surface area contributed by atoms with E-state index in [1.54, 1.807) is 4.90 Å². The summed E-state index contributed by atoms with van der Waals surface area (Å²) < 4.78 is 5.42. The number of carbonyl (C=O) groups is 2. The topological polar surface area (TPSA) is 78.9 Å². The zero-order valence-electron chi connectivity index (χ0n) is 12.4. The first-order valence-electron chi connectivity index (χ1n) is 7.34. The van der Waals surface area contributed by atoms with Gasteiger partial charge < -0.3 is 20.1 Å². The van der Waals surface area contributed by atoms with Crippen LogP contribution in [-0.2, 0) is 9.53 Å². The number of carboxylic acid groups (broad SMARTS) is 1. The Morgan fingerprint density at radius 2 is 2.15 bits per heavy atom. The van der Waals surface area contributed by atoms with Crippen molar-refractivity contribution >= 4 is 12.0 Å². The largest absolute Gasteiger partial charge is 0.481 e. The van der Waals surface area contributed by atoms with Gasteiger partial charge in [-0.25, -0.2) is 4.79 Å². The van der Waals surface area contributed by atoms with Gasteiger partial charge >= 0.3 is 12.0 Å². The molecule has 2 N–H and O–H groups in total. The maximum atomic E-state index is 11.9. The second-order valence-electron chi connectivity index (χ2n) is 5.61. The SMILES string of the molecule is CC(C)CCOCCNC(=O)N1CCCC1CC(=O)O. The highest BCUT2D eigenvalue weighted by atomic mass is 16.5. The van der Waals surface area contributed by atoms with Gasteiger partial charge in [0.1, 0.15) is 0 Å². The van der Waals surface area contributed by atoms with Crippen molar-refractivity contribution in [3.05, 3.63) is 0 Å². The summed E-state index contributed by atoms with van der Waals surface area (Å²) >= 11 is 0. The molecule has 1 heterocycles. The van der Waals surface area contributed by atoms with E-state index >= 15 is 0 Å². The van der Waals surface area contributed by atoms with Crippen LogP contribution < -0.4 is 5.32 Å². The minimum atomic E-state index is -0.855. The summed E-state index contributed by atoms with van der Waals surface area (Å²) in [4.78, 5) is 24.3. The van der Waals surface area contributed by atoms with Crippen molar-refractivity contribution in [2.75, 3.05) is 26.3 Å². The highest BCUT2D eigenvalue weighted by Crippen LogP contribution is 2.19. The van der Waals surface area contributed by atoms with Gasteiger partial charge in [-0.15, -0.1) is 0 Å².